The van der Waals surface area contributed by atoms with E-state index in [0.29, 0.717) is 11.5 Å². The minimum Gasteiger partial charge on any atom is -0.338 e. The van der Waals surface area contributed by atoms with Crippen molar-refractivity contribution in [2.24, 2.45) is 5.92 Å². The molecule has 0 radical (unpaired) electrons. The van der Waals surface area contributed by atoms with Crippen molar-refractivity contribution in [2.75, 3.05) is 13.1 Å². The number of nitrogens with zero attached hydrogens (tertiary/aromatic N) is 5. The Labute approximate surface area is 118 Å². The normalized spacial score (nSPS) is 15.3. The molecule has 0 unspecified atom stereocenters. The van der Waals surface area contributed by atoms with Crippen LogP contribution >= 0.6 is 15.9 Å². The standard InChI is InChI=1S/C12H12BrN5O/c13-11-1-10(2-14-3-11)12(19)17-4-9(5-17)6-18-8-15-7-16-18/h1-3,7-9H,4-6H2. The van der Waals surface area contributed by atoms with Gasteiger partial charge in [-0.15, -0.1) is 0 Å². The summed E-state index contributed by atoms with van der Waals surface area (Å²) in [6, 6.07) is 1.79. The number of likely N-dealkylation sites (tertiary alicyclic amines) is 1. The third kappa shape index (κ3) is 2.65. The maximum atomic E-state index is 12.2. The summed E-state index contributed by atoms with van der Waals surface area (Å²) in [6.45, 7) is 2.32. The summed E-state index contributed by atoms with van der Waals surface area (Å²) in [7, 11) is 0. The number of hydrogen-bond donors (Lipinski definition) is 0. The van der Waals surface area contributed by atoms with E-state index in [9.17, 15) is 4.79 Å². The van der Waals surface area contributed by atoms with Crippen molar-refractivity contribution in [1.82, 2.24) is 24.6 Å². The molecule has 1 aliphatic rings. The zero-order chi connectivity index (χ0) is 13.2. The van der Waals surface area contributed by atoms with E-state index in [1.54, 1.807) is 29.5 Å². The molecule has 0 saturated carbocycles. The van der Waals surface area contributed by atoms with E-state index in [1.165, 1.54) is 6.33 Å². The summed E-state index contributed by atoms with van der Waals surface area (Å²) in [5, 5.41) is 4.06. The van der Waals surface area contributed by atoms with Crippen LogP contribution in [0.4, 0.5) is 0 Å². The van der Waals surface area contributed by atoms with Crippen LogP contribution in [0.1, 0.15) is 10.4 Å². The highest BCUT2D eigenvalue weighted by atomic mass is 79.9. The van der Waals surface area contributed by atoms with Crippen molar-refractivity contribution in [3.05, 3.63) is 41.2 Å². The zero-order valence-electron chi connectivity index (χ0n) is 10.1. The van der Waals surface area contributed by atoms with Crippen molar-refractivity contribution in [2.45, 2.75) is 6.54 Å². The van der Waals surface area contributed by atoms with Gasteiger partial charge in [0.1, 0.15) is 12.7 Å². The van der Waals surface area contributed by atoms with Gasteiger partial charge in [-0.25, -0.2) is 4.98 Å². The molecule has 7 heteroatoms. The fourth-order valence-corrected chi connectivity index (χ4v) is 2.52. The van der Waals surface area contributed by atoms with Crippen LogP contribution in [0.25, 0.3) is 0 Å². The second-order valence-corrected chi connectivity index (χ2v) is 5.50. The predicted molar refractivity (Wildman–Crippen MR) is 71.4 cm³/mol. The van der Waals surface area contributed by atoms with Crippen LogP contribution in [-0.2, 0) is 6.54 Å². The van der Waals surface area contributed by atoms with Crippen LogP contribution in [-0.4, -0.2) is 43.6 Å². The highest BCUT2D eigenvalue weighted by molar-refractivity contribution is 9.10. The molecule has 0 spiro atoms. The van der Waals surface area contributed by atoms with Crippen molar-refractivity contribution >= 4 is 21.8 Å². The van der Waals surface area contributed by atoms with Gasteiger partial charge in [-0.2, -0.15) is 5.10 Å². The average Bonchev–Trinajstić information content (AvgIpc) is 2.85. The first-order valence-electron chi connectivity index (χ1n) is 5.94. The Balaban J connectivity index is 1.57. The van der Waals surface area contributed by atoms with Crippen molar-refractivity contribution in [3.63, 3.8) is 0 Å². The van der Waals surface area contributed by atoms with Crippen LogP contribution in [0.2, 0.25) is 0 Å². The van der Waals surface area contributed by atoms with Gasteiger partial charge in [0.2, 0.25) is 0 Å². The predicted octanol–water partition coefficient (Wildman–Crippen LogP) is 1.21. The van der Waals surface area contributed by atoms with Crippen LogP contribution < -0.4 is 0 Å². The Morgan fingerprint density at radius 1 is 1.37 bits per heavy atom. The molecular formula is C12H12BrN5O. The van der Waals surface area contributed by atoms with Gasteiger partial charge in [-0.05, 0) is 22.0 Å². The summed E-state index contributed by atoms with van der Waals surface area (Å²) in [5.41, 5.74) is 0.619. The largest absolute Gasteiger partial charge is 0.338 e. The second-order valence-electron chi connectivity index (χ2n) is 4.59. The highest BCUT2D eigenvalue weighted by Crippen LogP contribution is 2.20. The Hall–Kier alpha value is -1.76. The average molecular weight is 322 g/mol. The van der Waals surface area contributed by atoms with Crippen LogP contribution in [0.15, 0.2) is 35.6 Å². The summed E-state index contributed by atoms with van der Waals surface area (Å²) >= 11 is 3.32. The molecule has 98 valence electrons. The smallest absolute Gasteiger partial charge is 0.255 e. The van der Waals surface area contributed by atoms with Gasteiger partial charge < -0.3 is 4.90 Å². The van der Waals surface area contributed by atoms with Gasteiger partial charge in [0.25, 0.3) is 5.91 Å². The first kappa shape index (κ1) is 12.3. The van der Waals surface area contributed by atoms with E-state index in [-0.39, 0.29) is 5.91 Å². The third-order valence-corrected chi connectivity index (χ3v) is 3.54. The highest BCUT2D eigenvalue weighted by Gasteiger charge is 2.31. The molecule has 6 nitrogen and oxygen atoms in total. The molecular weight excluding hydrogens is 310 g/mol. The number of halogens is 1. The van der Waals surface area contributed by atoms with Gasteiger partial charge in [-0.1, -0.05) is 0 Å². The van der Waals surface area contributed by atoms with Gasteiger partial charge in [0.15, 0.2) is 0 Å². The van der Waals surface area contributed by atoms with Gasteiger partial charge in [-0.3, -0.25) is 14.5 Å². The van der Waals surface area contributed by atoms with E-state index in [1.807, 2.05) is 4.90 Å². The van der Waals surface area contributed by atoms with E-state index in [0.717, 1.165) is 24.1 Å². The van der Waals surface area contributed by atoms with E-state index in [2.05, 4.69) is 31.0 Å². The zero-order valence-corrected chi connectivity index (χ0v) is 11.7. The molecule has 3 rings (SSSR count). The lowest BCUT2D eigenvalue weighted by molar-refractivity contribution is 0.0461. The molecule has 1 saturated heterocycles. The SMILES string of the molecule is O=C(c1cncc(Br)c1)N1CC(Cn2cncn2)C1. The number of hydrogen-bond acceptors (Lipinski definition) is 4. The molecule has 2 aromatic rings. The molecule has 0 bridgehead atoms. The summed E-state index contributed by atoms with van der Waals surface area (Å²) in [6.07, 6.45) is 6.48. The van der Waals surface area contributed by atoms with Crippen molar-refractivity contribution in [3.8, 4) is 0 Å². The summed E-state index contributed by atoms with van der Waals surface area (Å²) < 4.78 is 2.62. The number of carbonyl (C=O) groups excluding carboxylic acids is 1. The van der Waals surface area contributed by atoms with Crippen LogP contribution in [0.3, 0.4) is 0 Å². The minimum absolute atomic E-state index is 0.0311. The quantitative estimate of drug-likeness (QED) is 0.852. The number of carbonyl (C=O) groups is 1. The fraction of sp³-hybridized carbons (Fsp3) is 0.333. The first-order chi connectivity index (χ1) is 9.22. The van der Waals surface area contributed by atoms with Crippen LogP contribution in [0, 0.1) is 5.92 Å². The Morgan fingerprint density at radius 2 is 2.21 bits per heavy atom. The molecule has 0 N–H and O–H groups in total. The summed E-state index contributed by atoms with van der Waals surface area (Å²) in [5.74, 6) is 0.481. The van der Waals surface area contributed by atoms with E-state index < -0.39 is 0 Å². The fourth-order valence-electron chi connectivity index (χ4n) is 2.15. The lowest BCUT2D eigenvalue weighted by Gasteiger charge is -2.39. The van der Waals surface area contributed by atoms with E-state index >= 15 is 0 Å². The topological polar surface area (TPSA) is 63.9 Å². The maximum Gasteiger partial charge on any atom is 0.255 e. The molecule has 19 heavy (non-hydrogen) atoms. The van der Waals surface area contributed by atoms with Gasteiger partial charge in [0.05, 0.1) is 5.56 Å². The number of aromatic nitrogens is 4. The second kappa shape index (κ2) is 5.08. The molecule has 0 aromatic carbocycles. The monoisotopic (exact) mass is 321 g/mol. The molecule has 1 amide bonds. The first-order valence-corrected chi connectivity index (χ1v) is 6.74. The Bertz CT molecular complexity index is 580. The number of pyridine rings is 1. The van der Waals surface area contributed by atoms with Crippen molar-refractivity contribution in [1.29, 1.82) is 0 Å². The lowest BCUT2D eigenvalue weighted by atomic mass is 9.99. The molecule has 2 aromatic heterocycles. The molecule has 0 atom stereocenters. The van der Waals surface area contributed by atoms with Gasteiger partial charge >= 0.3 is 0 Å². The van der Waals surface area contributed by atoms with Crippen LogP contribution in [0.5, 0.6) is 0 Å². The molecule has 0 aliphatic carbocycles. The number of amides is 1. The maximum absolute atomic E-state index is 12.2. The Kier molecular flexibility index (Phi) is 3.29. The van der Waals surface area contributed by atoms with Crippen molar-refractivity contribution < 1.29 is 4.79 Å². The Morgan fingerprint density at radius 3 is 2.89 bits per heavy atom. The molecule has 3 heterocycles. The van der Waals surface area contributed by atoms with Gasteiger partial charge in [0, 0.05) is 42.4 Å². The number of rotatable bonds is 3. The molecule has 1 aliphatic heterocycles. The summed E-state index contributed by atoms with van der Waals surface area (Å²) in [4.78, 5) is 21.9. The minimum atomic E-state index is 0.0311. The lowest BCUT2D eigenvalue weighted by Crippen LogP contribution is -2.51. The molecule has 1 fully saturated rings. The van der Waals surface area contributed by atoms with E-state index in [4.69, 9.17) is 0 Å². The third-order valence-electron chi connectivity index (χ3n) is 3.11.